The number of carbonyl (C=O) groups excluding carboxylic acids is 1. The summed E-state index contributed by atoms with van der Waals surface area (Å²) in [5, 5.41) is 6.90. The molecule has 2 aromatic carbocycles. The second-order valence-corrected chi connectivity index (χ2v) is 7.06. The standard InChI is InChI=1S/C22H23ClN4O/c1-27(2)20-9-7-19(8-10-20)26-22(28)17-12-14-25-21(15-17)24-13-11-16-3-5-18(23)6-4-16/h3-10,12,14-15H,11,13H2,1-2H3,(H,24,25)(H,26,28). The Balaban J connectivity index is 1.57. The fourth-order valence-electron chi connectivity index (χ4n) is 2.70. The maximum atomic E-state index is 12.5. The van der Waals surface area contributed by atoms with E-state index in [0.29, 0.717) is 17.9 Å². The predicted octanol–water partition coefficient (Wildman–Crippen LogP) is 4.71. The van der Waals surface area contributed by atoms with Crippen LogP contribution in [0.4, 0.5) is 17.2 Å². The van der Waals surface area contributed by atoms with Gasteiger partial charge in [-0.05, 0) is 60.5 Å². The summed E-state index contributed by atoms with van der Waals surface area (Å²) < 4.78 is 0. The highest BCUT2D eigenvalue weighted by molar-refractivity contribution is 6.30. The third-order valence-corrected chi connectivity index (χ3v) is 4.55. The van der Waals surface area contributed by atoms with Crippen LogP contribution >= 0.6 is 11.6 Å². The molecule has 2 N–H and O–H groups in total. The fraction of sp³-hybridized carbons (Fsp3) is 0.182. The summed E-state index contributed by atoms with van der Waals surface area (Å²) in [5.74, 6) is 0.505. The molecule has 28 heavy (non-hydrogen) atoms. The molecular weight excluding hydrogens is 372 g/mol. The number of hydrogen-bond donors (Lipinski definition) is 2. The first kappa shape index (κ1) is 19.7. The van der Waals surface area contributed by atoms with E-state index in [1.54, 1.807) is 18.3 Å². The van der Waals surface area contributed by atoms with Crippen LogP contribution in [0.1, 0.15) is 15.9 Å². The number of nitrogens with one attached hydrogen (secondary N) is 2. The maximum Gasteiger partial charge on any atom is 0.255 e. The highest BCUT2D eigenvalue weighted by Gasteiger charge is 2.08. The van der Waals surface area contributed by atoms with Gasteiger partial charge >= 0.3 is 0 Å². The van der Waals surface area contributed by atoms with E-state index in [1.807, 2.05) is 67.5 Å². The van der Waals surface area contributed by atoms with Crippen LogP contribution in [-0.2, 0) is 6.42 Å². The summed E-state index contributed by atoms with van der Waals surface area (Å²) in [6.45, 7) is 0.714. The van der Waals surface area contributed by atoms with Crippen molar-refractivity contribution in [3.05, 3.63) is 83.0 Å². The molecule has 5 nitrogen and oxygen atoms in total. The molecule has 0 spiro atoms. The zero-order valence-corrected chi connectivity index (χ0v) is 16.7. The van der Waals surface area contributed by atoms with Gasteiger partial charge in [0.2, 0.25) is 0 Å². The Kier molecular flexibility index (Phi) is 6.50. The van der Waals surface area contributed by atoms with Crippen LogP contribution in [0.15, 0.2) is 66.9 Å². The molecule has 6 heteroatoms. The highest BCUT2D eigenvalue weighted by atomic mass is 35.5. The number of halogens is 1. The number of nitrogens with zero attached hydrogens (tertiary/aromatic N) is 2. The van der Waals surface area contributed by atoms with Crippen molar-refractivity contribution >= 4 is 34.7 Å². The van der Waals surface area contributed by atoms with E-state index in [4.69, 9.17) is 11.6 Å². The summed E-state index contributed by atoms with van der Waals surface area (Å²) in [6, 6.07) is 18.9. The summed E-state index contributed by atoms with van der Waals surface area (Å²) in [5.41, 5.74) is 3.58. The minimum atomic E-state index is -0.166. The van der Waals surface area contributed by atoms with Crippen LogP contribution in [0, 0.1) is 0 Å². The number of hydrogen-bond acceptors (Lipinski definition) is 4. The molecule has 3 rings (SSSR count). The molecule has 1 amide bonds. The van der Waals surface area contributed by atoms with Crippen molar-refractivity contribution in [3.8, 4) is 0 Å². The van der Waals surface area contributed by atoms with Gasteiger partial charge in [0.1, 0.15) is 5.82 Å². The van der Waals surface area contributed by atoms with Gasteiger partial charge in [-0.1, -0.05) is 23.7 Å². The Morgan fingerprint density at radius 1 is 1.04 bits per heavy atom. The monoisotopic (exact) mass is 394 g/mol. The average molecular weight is 395 g/mol. The van der Waals surface area contributed by atoms with Gasteiger partial charge < -0.3 is 15.5 Å². The van der Waals surface area contributed by atoms with Crippen LogP contribution in [0.25, 0.3) is 0 Å². The smallest absolute Gasteiger partial charge is 0.255 e. The third kappa shape index (κ3) is 5.47. The van der Waals surface area contributed by atoms with Crippen molar-refractivity contribution in [3.63, 3.8) is 0 Å². The lowest BCUT2D eigenvalue weighted by molar-refractivity contribution is 0.102. The van der Waals surface area contributed by atoms with Crippen molar-refractivity contribution in [2.75, 3.05) is 36.2 Å². The zero-order valence-electron chi connectivity index (χ0n) is 15.9. The van der Waals surface area contributed by atoms with E-state index < -0.39 is 0 Å². The second-order valence-electron chi connectivity index (χ2n) is 6.63. The van der Waals surface area contributed by atoms with Crippen molar-refractivity contribution in [2.45, 2.75) is 6.42 Å². The first-order valence-electron chi connectivity index (χ1n) is 9.04. The van der Waals surface area contributed by atoms with Crippen LogP contribution in [0.5, 0.6) is 0 Å². The van der Waals surface area contributed by atoms with Crippen LogP contribution in [0.2, 0.25) is 5.02 Å². The minimum absolute atomic E-state index is 0.166. The van der Waals surface area contributed by atoms with Gasteiger partial charge in [-0.2, -0.15) is 0 Å². The third-order valence-electron chi connectivity index (χ3n) is 4.30. The van der Waals surface area contributed by atoms with Crippen molar-refractivity contribution in [2.24, 2.45) is 0 Å². The lowest BCUT2D eigenvalue weighted by atomic mass is 10.1. The van der Waals surface area contributed by atoms with E-state index in [1.165, 1.54) is 5.56 Å². The Labute approximate surface area is 170 Å². The molecule has 0 aliphatic heterocycles. The number of rotatable bonds is 7. The molecule has 144 valence electrons. The van der Waals surface area contributed by atoms with E-state index >= 15 is 0 Å². The lowest BCUT2D eigenvalue weighted by Gasteiger charge is -2.13. The molecular formula is C22H23ClN4O. The summed E-state index contributed by atoms with van der Waals surface area (Å²) in [4.78, 5) is 18.8. The van der Waals surface area contributed by atoms with Gasteiger partial charge in [0.05, 0.1) is 0 Å². The Bertz CT molecular complexity index is 924. The average Bonchev–Trinajstić information content (AvgIpc) is 2.70. The Hall–Kier alpha value is -3.05. The molecule has 0 saturated carbocycles. The molecule has 0 fully saturated rings. The van der Waals surface area contributed by atoms with Gasteiger partial charge in [-0.3, -0.25) is 4.79 Å². The summed E-state index contributed by atoms with van der Waals surface area (Å²) in [6.07, 6.45) is 2.47. The van der Waals surface area contributed by atoms with Crippen molar-refractivity contribution < 1.29 is 4.79 Å². The summed E-state index contributed by atoms with van der Waals surface area (Å²) in [7, 11) is 3.96. The number of carbonyl (C=O) groups is 1. The lowest BCUT2D eigenvalue weighted by Crippen LogP contribution is -2.14. The van der Waals surface area contributed by atoms with E-state index in [0.717, 1.165) is 22.8 Å². The van der Waals surface area contributed by atoms with E-state index in [9.17, 15) is 4.79 Å². The normalized spacial score (nSPS) is 10.4. The quantitative estimate of drug-likeness (QED) is 0.609. The molecule has 0 bridgehead atoms. The molecule has 0 radical (unpaired) electrons. The molecule has 0 aliphatic carbocycles. The van der Waals surface area contributed by atoms with Crippen LogP contribution < -0.4 is 15.5 Å². The largest absolute Gasteiger partial charge is 0.378 e. The topological polar surface area (TPSA) is 57.3 Å². The van der Waals surface area contributed by atoms with Crippen molar-refractivity contribution in [1.29, 1.82) is 0 Å². The number of benzene rings is 2. The van der Waals surface area contributed by atoms with E-state index in [-0.39, 0.29) is 5.91 Å². The van der Waals surface area contributed by atoms with Crippen LogP contribution in [0.3, 0.4) is 0 Å². The Morgan fingerprint density at radius 3 is 2.43 bits per heavy atom. The number of anilines is 3. The van der Waals surface area contributed by atoms with Gasteiger partial charge in [0.15, 0.2) is 0 Å². The molecule has 0 atom stereocenters. The maximum absolute atomic E-state index is 12.5. The minimum Gasteiger partial charge on any atom is -0.378 e. The molecule has 0 saturated heterocycles. The molecule has 3 aromatic rings. The highest BCUT2D eigenvalue weighted by Crippen LogP contribution is 2.17. The fourth-order valence-corrected chi connectivity index (χ4v) is 2.83. The summed E-state index contributed by atoms with van der Waals surface area (Å²) >= 11 is 5.90. The molecule has 0 aliphatic rings. The van der Waals surface area contributed by atoms with Crippen molar-refractivity contribution in [1.82, 2.24) is 4.98 Å². The first-order valence-corrected chi connectivity index (χ1v) is 9.42. The van der Waals surface area contributed by atoms with Gasteiger partial charge in [-0.25, -0.2) is 4.98 Å². The predicted molar refractivity (Wildman–Crippen MR) is 117 cm³/mol. The SMILES string of the molecule is CN(C)c1ccc(NC(=O)c2ccnc(NCCc3ccc(Cl)cc3)c2)cc1. The van der Waals surface area contributed by atoms with E-state index in [2.05, 4.69) is 15.6 Å². The first-order chi connectivity index (χ1) is 13.5. The number of amides is 1. The number of pyridine rings is 1. The zero-order chi connectivity index (χ0) is 19.9. The van der Waals surface area contributed by atoms with Crippen LogP contribution in [-0.4, -0.2) is 31.5 Å². The molecule has 1 heterocycles. The van der Waals surface area contributed by atoms with Gasteiger partial charge in [0, 0.05) is 48.8 Å². The second kappa shape index (κ2) is 9.24. The molecule has 0 unspecified atom stereocenters. The Morgan fingerprint density at radius 2 is 1.75 bits per heavy atom. The molecule has 1 aromatic heterocycles. The van der Waals surface area contributed by atoms with Gasteiger partial charge in [0.25, 0.3) is 5.91 Å². The van der Waals surface area contributed by atoms with Gasteiger partial charge in [-0.15, -0.1) is 0 Å². The number of aromatic nitrogens is 1.